The first-order valence-corrected chi connectivity index (χ1v) is 9.87. The van der Waals surface area contributed by atoms with Crippen LogP contribution in [0, 0.1) is 5.82 Å². The predicted octanol–water partition coefficient (Wildman–Crippen LogP) is 3.08. The van der Waals surface area contributed by atoms with Crippen molar-refractivity contribution in [1.29, 1.82) is 0 Å². The lowest BCUT2D eigenvalue weighted by Crippen LogP contribution is -2.27. The maximum Gasteiger partial charge on any atom is 0.230 e. The van der Waals surface area contributed by atoms with Crippen molar-refractivity contribution in [2.45, 2.75) is 11.6 Å². The maximum absolute atomic E-state index is 13.8. The van der Waals surface area contributed by atoms with Gasteiger partial charge in [-0.05, 0) is 36.2 Å². The van der Waals surface area contributed by atoms with Gasteiger partial charge < -0.3 is 14.8 Å². The third kappa shape index (κ3) is 5.47. The zero-order valence-corrected chi connectivity index (χ0v) is 16.9. The zero-order chi connectivity index (χ0) is 20.6. The Bertz CT molecular complexity index is 980. The van der Waals surface area contributed by atoms with Crippen LogP contribution in [0.4, 0.5) is 4.39 Å². The van der Waals surface area contributed by atoms with E-state index in [1.807, 2.05) is 18.2 Å². The molecule has 1 heterocycles. The molecule has 0 aliphatic carbocycles. The highest BCUT2D eigenvalue weighted by molar-refractivity contribution is 7.99. The molecule has 0 fully saturated rings. The molecule has 1 amide bonds. The van der Waals surface area contributed by atoms with E-state index in [1.54, 1.807) is 32.4 Å². The first-order valence-electron chi connectivity index (χ1n) is 8.88. The summed E-state index contributed by atoms with van der Waals surface area (Å²) in [6.07, 6.45) is 0.662. The van der Waals surface area contributed by atoms with Crippen molar-refractivity contribution in [3.63, 3.8) is 0 Å². The first-order chi connectivity index (χ1) is 14.1. The number of halogens is 1. The number of rotatable bonds is 9. The summed E-state index contributed by atoms with van der Waals surface area (Å²) in [6.45, 7) is 0.489. The summed E-state index contributed by atoms with van der Waals surface area (Å²) >= 11 is 1.18. The fraction of sp³-hybridized carbons (Fsp3) is 0.250. The van der Waals surface area contributed by atoms with Gasteiger partial charge in [-0.1, -0.05) is 30.0 Å². The van der Waals surface area contributed by atoms with Gasteiger partial charge in [-0.2, -0.15) is 0 Å². The lowest BCUT2D eigenvalue weighted by molar-refractivity contribution is -0.118. The maximum atomic E-state index is 13.8. The van der Waals surface area contributed by atoms with Crippen LogP contribution in [0.15, 0.2) is 47.6 Å². The minimum Gasteiger partial charge on any atom is -0.493 e. The van der Waals surface area contributed by atoms with Crippen LogP contribution in [-0.2, 0) is 11.2 Å². The first kappa shape index (κ1) is 20.7. The SMILES string of the molecule is COc1ccc(CCNC(=O)CSc2n[nH]c(-c3ccccc3F)n2)cc1OC. The molecule has 7 nitrogen and oxygen atoms in total. The van der Waals surface area contributed by atoms with Crippen molar-refractivity contribution in [1.82, 2.24) is 20.5 Å². The number of H-pyrrole nitrogens is 1. The van der Waals surface area contributed by atoms with Gasteiger partial charge in [-0.15, -0.1) is 5.10 Å². The second-order valence-electron chi connectivity index (χ2n) is 6.02. The highest BCUT2D eigenvalue weighted by Crippen LogP contribution is 2.27. The van der Waals surface area contributed by atoms with Gasteiger partial charge in [0, 0.05) is 6.54 Å². The van der Waals surface area contributed by atoms with E-state index < -0.39 is 0 Å². The second kappa shape index (κ2) is 9.92. The van der Waals surface area contributed by atoms with Crippen LogP contribution in [0.3, 0.4) is 0 Å². The predicted molar refractivity (Wildman–Crippen MR) is 109 cm³/mol. The number of aromatic amines is 1. The van der Waals surface area contributed by atoms with Gasteiger partial charge in [-0.3, -0.25) is 9.89 Å². The molecular formula is C20H21FN4O3S. The highest BCUT2D eigenvalue weighted by Gasteiger charge is 2.12. The quantitative estimate of drug-likeness (QED) is 0.521. The van der Waals surface area contributed by atoms with Crippen molar-refractivity contribution in [3.8, 4) is 22.9 Å². The van der Waals surface area contributed by atoms with Gasteiger partial charge in [0.2, 0.25) is 11.1 Å². The smallest absolute Gasteiger partial charge is 0.230 e. The van der Waals surface area contributed by atoms with Crippen LogP contribution < -0.4 is 14.8 Å². The Morgan fingerprint density at radius 2 is 1.97 bits per heavy atom. The summed E-state index contributed by atoms with van der Waals surface area (Å²) in [7, 11) is 3.17. The molecule has 0 saturated carbocycles. The molecule has 2 N–H and O–H groups in total. The van der Waals surface area contributed by atoms with Crippen molar-refractivity contribution >= 4 is 17.7 Å². The number of carbonyl (C=O) groups is 1. The molecule has 3 aromatic rings. The van der Waals surface area contributed by atoms with Crippen LogP contribution in [0.1, 0.15) is 5.56 Å². The third-order valence-electron chi connectivity index (χ3n) is 4.11. The van der Waals surface area contributed by atoms with E-state index in [-0.39, 0.29) is 17.5 Å². The van der Waals surface area contributed by atoms with Gasteiger partial charge in [0.25, 0.3) is 0 Å². The molecule has 0 aliphatic rings. The Morgan fingerprint density at radius 1 is 1.17 bits per heavy atom. The Balaban J connectivity index is 1.46. The molecule has 0 aliphatic heterocycles. The molecule has 0 spiro atoms. The van der Waals surface area contributed by atoms with E-state index in [4.69, 9.17) is 9.47 Å². The Hall–Kier alpha value is -3.07. The fourth-order valence-corrected chi connectivity index (χ4v) is 3.28. The molecule has 29 heavy (non-hydrogen) atoms. The second-order valence-corrected chi connectivity index (χ2v) is 6.97. The van der Waals surface area contributed by atoms with Gasteiger partial charge >= 0.3 is 0 Å². The summed E-state index contributed by atoms with van der Waals surface area (Å²) in [5.41, 5.74) is 1.37. The van der Waals surface area contributed by atoms with Gasteiger partial charge in [0.05, 0.1) is 25.5 Å². The standard InChI is InChI=1S/C20H21FN4O3S/c1-27-16-8-7-13(11-17(16)28-2)9-10-22-18(26)12-29-20-23-19(24-25-20)14-5-3-4-6-15(14)21/h3-8,11H,9-10,12H2,1-2H3,(H,22,26)(H,23,24,25). The number of ether oxygens (including phenoxy) is 2. The van der Waals surface area contributed by atoms with E-state index in [0.717, 1.165) is 5.56 Å². The van der Waals surface area contributed by atoms with Crippen molar-refractivity contribution in [3.05, 3.63) is 53.8 Å². The summed E-state index contributed by atoms with van der Waals surface area (Å²) < 4.78 is 24.3. The molecular weight excluding hydrogens is 395 g/mol. The van der Waals surface area contributed by atoms with E-state index in [0.29, 0.717) is 41.0 Å². The zero-order valence-electron chi connectivity index (χ0n) is 16.1. The summed E-state index contributed by atoms with van der Waals surface area (Å²) in [4.78, 5) is 16.3. The van der Waals surface area contributed by atoms with Crippen molar-refractivity contribution in [2.24, 2.45) is 0 Å². The van der Waals surface area contributed by atoms with Crippen LogP contribution in [0.2, 0.25) is 0 Å². The summed E-state index contributed by atoms with van der Waals surface area (Å²) in [5.74, 6) is 1.31. The van der Waals surface area contributed by atoms with E-state index >= 15 is 0 Å². The molecule has 9 heteroatoms. The van der Waals surface area contributed by atoms with Gasteiger partial charge in [0.1, 0.15) is 5.82 Å². The molecule has 0 unspecified atom stereocenters. The molecule has 2 aromatic carbocycles. The molecule has 0 radical (unpaired) electrons. The number of aromatic nitrogens is 3. The van der Waals surface area contributed by atoms with Crippen LogP contribution in [-0.4, -0.2) is 47.6 Å². The molecule has 1 aromatic heterocycles. The Labute approximate surface area is 172 Å². The number of hydrogen-bond donors (Lipinski definition) is 2. The van der Waals surface area contributed by atoms with E-state index in [1.165, 1.54) is 17.8 Å². The number of nitrogens with zero attached hydrogens (tertiary/aromatic N) is 2. The number of carbonyl (C=O) groups excluding carboxylic acids is 1. The molecule has 0 saturated heterocycles. The molecule has 152 valence electrons. The fourth-order valence-electron chi connectivity index (χ4n) is 2.65. The number of nitrogens with one attached hydrogen (secondary N) is 2. The minimum atomic E-state index is -0.381. The molecule has 0 bridgehead atoms. The normalized spacial score (nSPS) is 10.6. The highest BCUT2D eigenvalue weighted by atomic mass is 32.2. The number of methoxy groups -OCH3 is 2. The number of thioether (sulfide) groups is 1. The number of amides is 1. The average molecular weight is 416 g/mol. The van der Waals surface area contributed by atoms with E-state index in [9.17, 15) is 9.18 Å². The molecule has 0 atom stereocenters. The molecule has 3 rings (SSSR count). The number of hydrogen-bond acceptors (Lipinski definition) is 6. The van der Waals surface area contributed by atoms with Crippen LogP contribution >= 0.6 is 11.8 Å². The van der Waals surface area contributed by atoms with Crippen molar-refractivity contribution in [2.75, 3.05) is 26.5 Å². The van der Waals surface area contributed by atoms with E-state index in [2.05, 4.69) is 20.5 Å². The minimum absolute atomic E-state index is 0.132. The topological polar surface area (TPSA) is 89.1 Å². The summed E-state index contributed by atoms with van der Waals surface area (Å²) in [6, 6.07) is 12.0. The lowest BCUT2D eigenvalue weighted by Gasteiger charge is -2.10. The van der Waals surface area contributed by atoms with Gasteiger partial charge in [0.15, 0.2) is 17.3 Å². The number of benzene rings is 2. The van der Waals surface area contributed by atoms with Crippen LogP contribution in [0.5, 0.6) is 11.5 Å². The Kier molecular flexibility index (Phi) is 7.07. The van der Waals surface area contributed by atoms with Gasteiger partial charge in [-0.25, -0.2) is 9.37 Å². The Morgan fingerprint density at radius 3 is 2.72 bits per heavy atom. The average Bonchev–Trinajstić information content (AvgIpc) is 3.21. The summed E-state index contributed by atoms with van der Waals surface area (Å²) in [5, 5.41) is 9.96. The third-order valence-corrected chi connectivity index (χ3v) is 4.96. The van der Waals surface area contributed by atoms with Crippen molar-refractivity contribution < 1.29 is 18.7 Å². The lowest BCUT2D eigenvalue weighted by atomic mass is 10.1. The van der Waals surface area contributed by atoms with Crippen LogP contribution in [0.25, 0.3) is 11.4 Å². The monoisotopic (exact) mass is 416 g/mol. The largest absolute Gasteiger partial charge is 0.493 e.